The van der Waals surface area contributed by atoms with Crippen molar-refractivity contribution in [3.05, 3.63) is 29.3 Å². The summed E-state index contributed by atoms with van der Waals surface area (Å²) in [5.41, 5.74) is 9.24. The largest absolute Gasteiger partial charge is 0.507 e. The second kappa shape index (κ2) is 4.57. The standard InChI is InChI=1S/C9H11N3OS/c1-6-2-3-8(13)7(4-6)5-11-12-9(10)14/h2-5,13H,1H3,(H3,10,12,14)/b11-5-. The van der Waals surface area contributed by atoms with Gasteiger partial charge in [-0.15, -0.1) is 0 Å². The van der Waals surface area contributed by atoms with E-state index in [-0.39, 0.29) is 10.9 Å². The van der Waals surface area contributed by atoms with E-state index < -0.39 is 0 Å². The summed E-state index contributed by atoms with van der Waals surface area (Å²) in [5.74, 6) is 0.170. The Hall–Kier alpha value is -1.62. The van der Waals surface area contributed by atoms with E-state index in [0.29, 0.717) is 5.56 Å². The fourth-order valence-electron chi connectivity index (χ4n) is 0.943. The van der Waals surface area contributed by atoms with Gasteiger partial charge in [0.05, 0.1) is 6.21 Å². The Morgan fingerprint density at radius 2 is 2.36 bits per heavy atom. The number of benzene rings is 1. The van der Waals surface area contributed by atoms with Crippen molar-refractivity contribution in [2.24, 2.45) is 10.8 Å². The summed E-state index contributed by atoms with van der Waals surface area (Å²) in [7, 11) is 0. The molecule has 74 valence electrons. The van der Waals surface area contributed by atoms with E-state index in [4.69, 9.17) is 5.73 Å². The van der Waals surface area contributed by atoms with Crippen LogP contribution in [0.1, 0.15) is 11.1 Å². The Balaban J connectivity index is 2.80. The van der Waals surface area contributed by atoms with Gasteiger partial charge in [0.1, 0.15) is 5.75 Å². The van der Waals surface area contributed by atoms with E-state index >= 15 is 0 Å². The molecule has 0 aliphatic rings. The monoisotopic (exact) mass is 209 g/mol. The Labute approximate surface area is 87.4 Å². The van der Waals surface area contributed by atoms with Gasteiger partial charge in [0.2, 0.25) is 0 Å². The minimum Gasteiger partial charge on any atom is -0.507 e. The molecular formula is C9H11N3OS. The van der Waals surface area contributed by atoms with E-state index in [2.05, 4.69) is 22.7 Å². The van der Waals surface area contributed by atoms with Gasteiger partial charge in [-0.1, -0.05) is 11.6 Å². The first-order valence-corrected chi connectivity index (χ1v) is 4.38. The smallest absolute Gasteiger partial charge is 0.184 e. The first-order chi connectivity index (χ1) is 6.59. The molecule has 0 atom stereocenters. The van der Waals surface area contributed by atoms with Crippen LogP contribution in [0.2, 0.25) is 0 Å². The SMILES string of the molecule is Cc1ccc(O)c(/C=N\NC(N)=S)c1. The van der Waals surface area contributed by atoms with Gasteiger partial charge in [-0.05, 0) is 31.3 Å². The highest BCUT2D eigenvalue weighted by Crippen LogP contribution is 2.15. The van der Waals surface area contributed by atoms with E-state index in [0.717, 1.165) is 5.56 Å². The van der Waals surface area contributed by atoms with Gasteiger partial charge in [-0.3, -0.25) is 5.43 Å². The van der Waals surface area contributed by atoms with Crippen LogP contribution in [0.15, 0.2) is 23.3 Å². The third-order valence-electron chi connectivity index (χ3n) is 1.56. The molecule has 1 aromatic rings. The zero-order chi connectivity index (χ0) is 10.6. The summed E-state index contributed by atoms with van der Waals surface area (Å²) in [4.78, 5) is 0. The van der Waals surface area contributed by atoms with Crippen LogP contribution >= 0.6 is 12.2 Å². The molecule has 0 fully saturated rings. The fraction of sp³-hybridized carbons (Fsp3) is 0.111. The minimum atomic E-state index is 0.0911. The average molecular weight is 209 g/mol. The van der Waals surface area contributed by atoms with E-state index in [1.165, 1.54) is 6.21 Å². The predicted molar refractivity (Wildman–Crippen MR) is 60.4 cm³/mol. The maximum Gasteiger partial charge on any atom is 0.184 e. The lowest BCUT2D eigenvalue weighted by molar-refractivity contribution is 0.474. The molecule has 0 aromatic heterocycles. The average Bonchev–Trinajstić information content (AvgIpc) is 2.10. The van der Waals surface area contributed by atoms with Crippen LogP contribution < -0.4 is 11.2 Å². The number of hydrazone groups is 1. The first kappa shape index (κ1) is 10.5. The van der Waals surface area contributed by atoms with Crippen molar-refractivity contribution in [1.29, 1.82) is 0 Å². The number of aromatic hydroxyl groups is 1. The molecule has 0 amide bonds. The van der Waals surface area contributed by atoms with Gasteiger partial charge >= 0.3 is 0 Å². The van der Waals surface area contributed by atoms with Gasteiger partial charge in [0.15, 0.2) is 5.11 Å². The van der Waals surface area contributed by atoms with E-state index in [9.17, 15) is 5.11 Å². The number of phenolic OH excluding ortho intramolecular Hbond substituents is 1. The van der Waals surface area contributed by atoms with Crippen molar-refractivity contribution >= 4 is 23.5 Å². The number of nitrogens with zero attached hydrogens (tertiary/aromatic N) is 1. The van der Waals surface area contributed by atoms with Crippen molar-refractivity contribution in [2.45, 2.75) is 6.92 Å². The molecule has 4 N–H and O–H groups in total. The topological polar surface area (TPSA) is 70.6 Å². The van der Waals surface area contributed by atoms with Gasteiger partial charge in [0, 0.05) is 5.56 Å². The number of phenols is 1. The van der Waals surface area contributed by atoms with Crippen LogP contribution in [0.25, 0.3) is 0 Å². The molecule has 0 saturated carbocycles. The number of rotatable bonds is 2. The summed E-state index contributed by atoms with van der Waals surface area (Å²) in [6.07, 6.45) is 1.46. The van der Waals surface area contributed by atoms with Crippen LogP contribution in [0.4, 0.5) is 0 Å². The van der Waals surface area contributed by atoms with Gasteiger partial charge in [-0.2, -0.15) is 5.10 Å². The molecule has 0 heterocycles. The lowest BCUT2D eigenvalue weighted by Gasteiger charge is -2.00. The van der Waals surface area contributed by atoms with Gasteiger partial charge < -0.3 is 10.8 Å². The Morgan fingerprint density at radius 3 is 3.00 bits per heavy atom. The van der Waals surface area contributed by atoms with E-state index in [1.807, 2.05) is 13.0 Å². The zero-order valence-electron chi connectivity index (χ0n) is 7.69. The molecule has 5 heteroatoms. The Kier molecular flexibility index (Phi) is 3.41. The van der Waals surface area contributed by atoms with Crippen molar-refractivity contribution in [2.75, 3.05) is 0 Å². The quantitative estimate of drug-likeness (QED) is 0.384. The highest BCUT2D eigenvalue weighted by Gasteiger charge is 1.97. The lowest BCUT2D eigenvalue weighted by Crippen LogP contribution is -2.23. The van der Waals surface area contributed by atoms with Crippen LogP contribution in [-0.2, 0) is 0 Å². The predicted octanol–water partition coefficient (Wildman–Crippen LogP) is 0.868. The summed E-state index contributed by atoms with van der Waals surface area (Å²) < 4.78 is 0. The molecule has 0 aliphatic carbocycles. The van der Waals surface area contributed by atoms with Crippen LogP contribution in [0.3, 0.4) is 0 Å². The Bertz CT molecular complexity index is 376. The number of nitrogens with one attached hydrogen (secondary N) is 1. The maximum absolute atomic E-state index is 9.42. The fourth-order valence-corrected chi connectivity index (χ4v) is 0.995. The third kappa shape index (κ3) is 3.02. The van der Waals surface area contributed by atoms with Crippen molar-refractivity contribution < 1.29 is 5.11 Å². The van der Waals surface area contributed by atoms with Crippen molar-refractivity contribution in [1.82, 2.24) is 5.43 Å². The molecule has 4 nitrogen and oxygen atoms in total. The molecule has 1 aromatic carbocycles. The molecule has 0 unspecified atom stereocenters. The van der Waals surface area contributed by atoms with Gasteiger partial charge in [0.25, 0.3) is 0 Å². The molecular weight excluding hydrogens is 198 g/mol. The number of hydrogen-bond donors (Lipinski definition) is 3. The number of thiocarbonyl (C=S) groups is 1. The minimum absolute atomic E-state index is 0.0911. The second-order valence-electron chi connectivity index (χ2n) is 2.80. The molecule has 0 saturated heterocycles. The molecule has 14 heavy (non-hydrogen) atoms. The zero-order valence-corrected chi connectivity index (χ0v) is 8.51. The van der Waals surface area contributed by atoms with E-state index in [1.54, 1.807) is 12.1 Å². The highest BCUT2D eigenvalue weighted by atomic mass is 32.1. The molecule has 0 bridgehead atoms. The molecule has 1 rings (SSSR count). The second-order valence-corrected chi connectivity index (χ2v) is 3.24. The lowest BCUT2D eigenvalue weighted by atomic mass is 10.1. The Morgan fingerprint density at radius 1 is 1.64 bits per heavy atom. The van der Waals surface area contributed by atoms with Crippen LogP contribution in [-0.4, -0.2) is 16.4 Å². The summed E-state index contributed by atoms with van der Waals surface area (Å²) in [6.45, 7) is 1.93. The van der Waals surface area contributed by atoms with Crippen molar-refractivity contribution in [3.8, 4) is 5.75 Å². The normalized spacial score (nSPS) is 10.4. The number of hydrogen-bond acceptors (Lipinski definition) is 3. The van der Waals surface area contributed by atoms with Crippen LogP contribution in [0, 0.1) is 6.92 Å². The number of aryl methyl sites for hydroxylation is 1. The van der Waals surface area contributed by atoms with Gasteiger partial charge in [-0.25, -0.2) is 0 Å². The summed E-state index contributed by atoms with van der Waals surface area (Å²) >= 11 is 4.56. The molecule has 0 spiro atoms. The van der Waals surface area contributed by atoms with Crippen molar-refractivity contribution in [3.63, 3.8) is 0 Å². The first-order valence-electron chi connectivity index (χ1n) is 3.97. The highest BCUT2D eigenvalue weighted by molar-refractivity contribution is 7.80. The molecule has 0 aliphatic heterocycles. The third-order valence-corrected chi connectivity index (χ3v) is 1.65. The molecule has 0 radical (unpaired) electrons. The maximum atomic E-state index is 9.42. The van der Waals surface area contributed by atoms with Crippen LogP contribution in [0.5, 0.6) is 5.75 Å². The number of nitrogens with two attached hydrogens (primary N) is 1. The summed E-state index contributed by atoms with van der Waals surface area (Å²) in [6, 6.07) is 5.23. The summed E-state index contributed by atoms with van der Waals surface area (Å²) in [5, 5.41) is 13.3.